The first-order valence-electron chi connectivity index (χ1n) is 8.24. The second kappa shape index (κ2) is 9.20. The predicted molar refractivity (Wildman–Crippen MR) is 105 cm³/mol. The number of terminal acetylenes is 1. The summed E-state index contributed by atoms with van der Waals surface area (Å²) >= 11 is 4.81. The van der Waals surface area contributed by atoms with Crippen molar-refractivity contribution in [2.45, 2.75) is 51.9 Å². The van der Waals surface area contributed by atoms with Crippen molar-refractivity contribution in [2.75, 3.05) is 0 Å². The lowest BCUT2D eigenvalue weighted by molar-refractivity contribution is -0.205. The maximum absolute atomic E-state index is 11.6. The number of aryl methyl sites for hydroxylation is 1. The zero-order valence-electron chi connectivity index (χ0n) is 15.3. The lowest BCUT2D eigenvalue weighted by Crippen LogP contribution is -2.34. The van der Waals surface area contributed by atoms with Crippen molar-refractivity contribution < 1.29 is 23.8 Å². The number of halogens is 1. The maximum atomic E-state index is 11.6. The maximum Gasteiger partial charge on any atom is 0.384 e. The van der Waals surface area contributed by atoms with Crippen LogP contribution in [0.25, 0.3) is 0 Å². The number of hydrogen-bond acceptors (Lipinski definition) is 7. The van der Waals surface area contributed by atoms with Crippen LogP contribution in [0.2, 0.25) is 0 Å². The first-order chi connectivity index (χ1) is 12.7. The van der Waals surface area contributed by atoms with Crippen molar-refractivity contribution in [1.82, 2.24) is 4.98 Å². The Morgan fingerprint density at radius 3 is 2.85 bits per heavy atom. The van der Waals surface area contributed by atoms with E-state index in [9.17, 15) is 9.59 Å². The Hall–Kier alpha value is -2.11. The minimum absolute atomic E-state index is 0.407. The number of cyclic esters (lactones) is 1. The van der Waals surface area contributed by atoms with Crippen molar-refractivity contribution in [1.29, 1.82) is 0 Å². The summed E-state index contributed by atoms with van der Waals surface area (Å²) < 4.78 is 16.8. The van der Waals surface area contributed by atoms with Gasteiger partial charge >= 0.3 is 11.9 Å². The molecule has 0 radical (unpaired) electrons. The fourth-order valence-electron chi connectivity index (χ4n) is 2.44. The summed E-state index contributed by atoms with van der Waals surface area (Å²) in [5.41, 5.74) is 0.873. The van der Waals surface area contributed by atoms with Crippen LogP contribution in [0.5, 0.6) is 0 Å². The summed E-state index contributed by atoms with van der Waals surface area (Å²) in [5.74, 6) is 0.446. The normalized spacial score (nSPS) is 17.2. The van der Waals surface area contributed by atoms with Gasteiger partial charge in [-0.05, 0) is 23.9 Å². The molecule has 0 spiro atoms. The van der Waals surface area contributed by atoms with Gasteiger partial charge in [-0.15, -0.1) is 17.8 Å². The summed E-state index contributed by atoms with van der Waals surface area (Å²) in [7, 11) is 0. The molecule has 1 aliphatic heterocycles. The van der Waals surface area contributed by atoms with E-state index in [2.05, 4.69) is 20.9 Å². The van der Waals surface area contributed by atoms with Crippen molar-refractivity contribution in [3.63, 3.8) is 0 Å². The fourth-order valence-corrected chi connectivity index (χ4v) is 3.60. The van der Waals surface area contributed by atoms with E-state index in [4.69, 9.17) is 20.6 Å². The molecular formula is C19H20BrNO5S. The Labute approximate surface area is 170 Å². The van der Waals surface area contributed by atoms with E-state index in [0.29, 0.717) is 25.0 Å². The molecular weight excluding hydrogens is 434 g/mol. The van der Waals surface area contributed by atoms with Gasteiger partial charge in [0.25, 0.3) is 0 Å². The van der Waals surface area contributed by atoms with Gasteiger partial charge < -0.3 is 14.2 Å². The number of carbonyl (C=O) groups is 2. The molecule has 0 aliphatic carbocycles. The quantitative estimate of drug-likeness (QED) is 0.356. The molecule has 8 heteroatoms. The minimum atomic E-state index is -0.956. The average molecular weight is 454 g/mol. The highest BCUT2D eigenvalue weighted by Crippen LogP contribution is 2.25. The van der Waals surface area contributed by atoms with Crippen LogP contribution in [0.15, 0.2) is 27.8 Å². The molecule has 0 bridgehead atoms. The standard InChI is InChI=1S/C19H20BrNO5S/c1-5-17(22)24-15(8-12(2)20)9-16-21-13(11-27-16)6-7-14-10-18(23)26-19(3,4)25-14/h1,8,10-11,15H,6-7,9H2,2-4H3/t15-/m1/s1. The van der Waals surface area contributed by atoms with E-state index in [0.717, 1.165) is 15.2 Å². The Kier molecular flexibility index (Phi) is 7.22. The van der Waals surface area contributed by atoms with Crippen LogP contribution in [0.1, 0.15) is 37.9 Å². The van der Waals surface area contributed by atoms with Crippen LogP contribution in [-0.2, 0) is 36.6 Å². The summed E-state index contributed by atoms with van der Waals surface area (Å²) in [4.78, 5) is 27.5. The molecule has 0 saturated heterocycles. The first-order valence-corrected chi connectivity index (χ1v) is 9.91. The molecule has 1 aromatic heterocycles. The van der Waals surface area contributed by atoms with Gasteiger partial charge in [-0.3, -0.25) is 0 Å². The Morgan fingerprint density at radius 2 is 2.22 bits per heavy atom. The smallest absolute Gasteiger partial charge is 0.384 e. The largest absolute Gasteiger partial charge is 0.457 e. The molecule has 144 valence electrons. The highest BCUT2D eigenvalue weighted by Gasteiger charge is 2.29. The first kappa shape index (κ1) is 21.2. The highest BCUT2D eigenvalue weighted by atomic mass is 79.9. The molecule has 27 heavy (non-hydrogen) atoms. The molecule has 0 unspecified atom stereocenters. The Bertz CT molecular complexity index is 814. The van der Waals surface area contributed by atoms with Gasteiger partial charge in [0.1, 0.15) is 11.9 Å². The van der Waals surface area contributed by atoms with E-state index in [1.807, 2.05) is 18.2 Å². The van der Waals surface area contributed by atoms with E-state index >= 15 is 0 Å². The molecule has 6 nitrogen and oxygen atoms in total. The SMILES string of the molecule is C#CC(=O)O[C@H](C=C(C)Br)Cc1nc(CCC2=CC(=O)OC(C)(C)O2)cs1. The van der Waals surface area contributed by atoms with Gasteiger partial charge in [0.05, 0.1) is 16.8 Å². The Morgan fingerprint density at radius 1 is 1.48 bits per heavy atom. The Balaban J connectivity index is 1.97. The van der Waals surface area contributed by atoms with Crippen LogP contribution in [0, 0.1) is 12.3 Å². The number of esters is 2. The number of nitrogens with zero attached hydrogens (tertiary/aromatic N) is 1. The third-order valence-electron chi connectivity index (χ3n) is 3.40. The number of hydrogen-bond donors (Lipinski definition) is 0. The second-order valence-corrected chi connectivity index (χ2v) is 8.51. The molecule has 1 atom stereocenters. The zero-order valence-corrected chi connectivity index (χ0v) is 17.7. The van der Waals surface area contributed by atoms with Crippen LogP contribution in [0.4, 0.5) is 0 Å². The van der Waals surface area contributed by atoms with Gasteiger partial charge in [-0.1, -0.05) is 15.9 Å². The summed E-state index contributed by atoms with van der Waals surface area (Å²) in [6.07, 6.45) is 9.29. The number of ether oxygens (including phenoxy) is 3. The van der Waals surface area contributed by atoms with Crippen molar-refractivity contribution in [3.8, 4) is 12.3 Å². The predicted octanol–water partition coefficient (Wildman–Crippen LogP) is 3.66. The van der Waals surface area contributed by atoms with Crippen LogP contribution in [0.3, 0.4) is 0 Å². The average Bonchev–Trinajstić information content (AvgIpc) is 2.97. The van der Waals surface area contributed by atoms with E-state index < -0.39 is 23.8 Å². The van der Waals surface area contributed by atoms with E-state index in [1.54, 1.807) is 19.9 Å². The lowest BCUT2D eigenvalue weighted by Gasteiger charge is -2.30. The molecule has 0 fully saturated rings. The summed E-state index contributed by atoms with van der Waals surface area (Å²) in [6.45, 7) is 5.22. The van der Waals surface area contributed by atoms with E-state index in [-0.39, 0.29) is 0 Å². The van der Waals surface area contributed by atoms with Crippen molar-refractivity contribution >= 4 is 39.2 Å². The molecule has 0 N–H and O–H groups in total. The third-order valence-corrected chi connectivity index (χ3v) is 4.58. The number of thiazole rings is 1. The van der Waals surface area contributed by atoms with Crippen molar-refractivity contribution in [3.05, 3.63) is 38.5 Å². The molecule has 1 aliphatic rings. The monoisotopic (exact) mass is 453 g/mol. The number of aromatic nitrogens is 1. The third kappa shape index (κ3) is 7.19. The van der Waals surface area contributed by atoms with Gasteiger partial charge in [0.2, 0.25) is 5.79 Å². The molecule has 2 heterocycles. The van der Waals surface area contributed by atoms with Gasteiger partial charge in [0, 0.05) is 38.0 Å². The molecule has 0 saturated carbocycles. The van der Waals surface area contributed by atoms with Crippen LogP contribution >= 0.6 is 27.3 Å². The zero-order chi connectivity index (χ0) is 20.0. The number of rotatable bonds is 7. The molecule has 1 aromatic rings. The van der Waals surface area contributed by atoms with Gasteiger partial charge in [-0.2, -0.15) is 0 Å². The minimum Gasteiger partial charge on any atom is -0.457 e. The highest BCUT2D eigenvalue weighted by molar-refractivity contribution is 9.11. The second-order valence-electron chi connectivity index (χ2n) is 6.31. The van der Waals surface area contributed by atoms with E-state index in [1.165, 1.54) is 17.4 Å². The van der Waals surface area contributed by atoms with Crippen LogP contribution in [-0.4, -0.2) is 28.8 Å². The van der Waals surface area contributed by atoms with Crippen LogP contribution < -0.4 is 0 Å². The molecule has 0 amide bonds. The summed E-state index contributed by atoms with van der Waals surface area (Å²) in [5, 5.41) is 2.76. The summed E-state index contributed by atoms with van der Waals surface area (Å²) in [6, 6.07) is 0. The van der Waals surface area contributed by atoms with Crippen molar-refractivity contribution in [2.24, 2.45) is 0 Å². The molecule has 2 rings (SSSR count). The lowest BCUT2D eigenvalue weighted by atomic mass is 10.2. The molecule has 0 aromatic carbocycles. The number of allylic oxidation sites excluding steroid dienone is 2. The topological polar surface area (TPSA) is 74.7 Å². The number of carbonyl (C=O) groups excluding carboxylic acids is 2. The van der Waals surface area contributed by atoms with Gasteiger partial charge in [0.15, 0.2) is 0 Å². The van der Waals surface area contributed by atoms with Gasteiger partial charge in [-0.25, -0.2) is 14.6 Å². The fraction of sp³-hybridized carbons (Fsp3) is 0.421.